The van der Waals surface area contributed by atoms with Gasteiger partial charge in [-0.3, -0.25) is 4.79 Å². The average Bonchev–Trinajstić information content (AvgIpc) is 3.38. The van der Waals surface area contributed by atoms with E-state index in [2.05, 4.69) is 22.8 Å². The molecule has 0 saturated heterocycles. The van der Waals surface area contributed by atoms with Gasteiger partial charge in [0.25, 0.3) is 5.91 Å². The summed E-state index contributed by atoms with van der Waals surface area (Å²) < 4.78 is 18.2. The number of rotatable bonds is 9. The van der Waals surface area contributed by atoms with Crippen LogP contribution in [0.3, 0.4) is 0 Å². The first-order valence-electron chi connectivity index (χ1n) is 12.3. The number of ether oxygens (including phenoxy) is 3. The van der Waals surface area contributed by atoms with Gasteiger partial charge in [0, 0.05) is 11.4 Å². The number of carbonyl (C=O) groups is 1. The van der Waals surface area contributed by atoms with Crippen LogP contribution in [-0.2, 0) is 10.5 Å². The molecule has 1 aliphatic rings. The normalized spacial score (nSPS) is 14.3. The minimum atomic E-state index is -0.575. The van der Waals surface area contributed by atoms with Crippen molar-refractivity contribution in [2.24, 2.45) is 0 Å². The summed E-state index contributed by atoms with van der Waals surface area (Å²) in [5.74, 6) is 2.70. The Balaban J connectivity index is 1.54. The molecule has 4 aromatic rings. The Morgan fingerprint density at radius 3 is 2.41 bits per heavy atom. The molecule has 2 N–H and O–H groups in total. The SMILES string of the molecule is COc1ccccc1NC(=O)C1=C(C)Nc2nc(SCc3ccccc3)nn2[C@H]1c1ccc(OC)c(OC)c1. The van der Waals surface area contributed by atoms with E-state index in [1.807, 2.05) is 55.5 Å². The molecule has 0 saturated carbocycles. The van der Waals surface area contributed by atoms with Crippen molar-refractivity contribution in [1.82, 2.24) is 14.8 Å². The van der Waals surface area contributed by atoms with Crippen LogP contribution in [0.4, 0.5) is 11.6 Å². The number of carbonyl (C=O) groups excluding carboxylic acids is 1. The summed E-state index contributed by atoms with van der Waals surface area (Å²) in [6.07, 6.45) is 0. The van der Waals surface area contributed by atoms with Gasteiger partial charge in [-0.15, -0.1) is 5.10 Å². The molecule has 1 amide bonds. The summed E-state index contributed by atoms with van der Waals surface area (Å²) in [6.45, 7) is 1.86. The Kier molecular flexibility index (Phi) is 7.74. The molecule has 0 bridgehead atoms. The van der Waals surface area contributed by atoms with Crippen molar-refractivity contribution in [3.63, 3.8) is 0 Å². The van der Waals surface area contributed by atoms with Crippen LogP contribution in [0.1, 0.15) is 24.1 Å². The lowest BCUT2D eigenvalue weighted by Gasteiger charge is -2.29. The van der Waals surface area contributed by atoms with Gasteiger partial charge in [-0.05, 0) is 42.3 Å². The van der Waals surface area contributed by atoms with Gasteiger partial charge < -0.3 is 24.8 Å². The minimum Gasteiger partial charge on any atom is -0.495 e. The Labute approximate surface area is 231 Å². The quantitative estimate of drug-likeness (QED) is 0.266. The van der Waals surface area contributed by atoms with Crippen LogP contribution in [0.2, 0.25) is 0 Å². The number of aromatic nitrogens is 3. The van der Waals surface area contributed by atoms with Gasteiger partial charge in [-0.25, -0.2) is 4.68 Å². The summed E-state index contributed by atoms with van der Waals surface area (Å²) >= 11 is 1.53. The van der Waals surface area contributed by atoms with Gasteiger partial charge in [0.05, 0.1) is 32.6 Å². The highest BCUT2D eigenvalue weighted by molar-refractivity contribution is 7.98. The molecule has 3 aromatic carbocycles. The van der Waals surface area contributed by atoms with E-state index in [9.17, 15) is 4.79 Å². The smallest absolute Gasteiger partial charge is 0.255 e. The standard InChI is InChI=1S/C29H29N5O4S/c1-18-25(27(35)31-21-12-8-9-13-22(21)36-2)26(20-14-15-23(37-3)24(16-20)38-4)34-28(30-18)32-29(33-34)39-17-19-10-6-5-7-11-19/h5-16,26H,17H2,1-4H3,(H,31,35)(H,30,32,33)/t26-/m0/s1. The fourth-order valence-corrected chi connectivity index (χ4v) is 5.26. The lowest BCUT2D eigenvalue weighted by molar-refractivity contribution is -0.113. The third-order valence-corrected chi connectivity index (χ3v) is 7.28. The molecule has 1 aromatic heterocycles. The summed E-state index contributed by atoms with van der Waals surface area (Å²) in [5.41, 5.74) is 3.70. The molecular weight excluding hydrogens is 514 g/mol. The van der Waals surface area contributed by atoms with Crippen molar-refractivity contribution in [2.45, 2.75) is 23.9 Å². The van der Waals surface area contributed by atoms with Crippen LogP contribution < -0.4 is 24.8 Å². The minimum absolute atomic E-state index is 0.288. The van der Waals surface area contributed by atoms with Crippen molar-refractivity contribution < 1.29 is 19.0 Å². The molecule has 0 radical (unpaired) electrons. The van der Waals surface area contributed by atoms with Crippen molar-refractivity contribution in [3.05, 3.63) is 95.2 Å². The predicted octanol–water partition coefficient (Wildman–Crippen LogP) is 5.52. The maximum absolute atomic E-state index is 13.8. The molecular formula is C29H29N5O4S. The largest absolute Gasteiger partial charge is 0.495 e. The lowest BCUT2D eigenvalue weighted by atomic mass is 9.94. The third-order valence-electron chi connectivity index (χ3n) is 6.37. The molecule has 200 valence electrons. The van der Waals surface area contributed by atoms with Crippen LogP contribution >= 0.6 is 11.8 Å². The number of benzene rings is 3. The number of nitrogens with zero attached hydrogens (tertiary/aromatic N) is 3. The number of anilines is 2. The maximum atomic E-state index is 13.8. The van der Waals surface area contributed by atoms with Crippen molar-refractivity contribution >= 4 is 29.3 Å². The topological polar surface area (TPSA) is 99.5 Å². The number of fused-ring (bicyclic) bond motifs is 1. The first-order valence-corrected chi connectivity index (χ1v) is 13.3. The van der Waals surface area contributed by atoms with Crippen molar-refractivity contribution in [2.75, 3.05) is 32.0 Å². The molecule has 10 heteroatoms. The van der Waals surface area contributed by atoms with Gasteiger partial charge in [-0.2, -0.15) is 4.98 Å². The first kappa shape index (κ1) is 26.2. The molecule has 1 aliphatic heterocycles. The number of hydrogen-bond acceptors (Lipinski definition) is 8. The summed E-state index contributed by atoms with van der Waals surface area (Å²) in [5, 5.41) is 11.7. The summed E-state index contributed by atoms with van der Waals surface area (Å²) in [6, 6.07) is 22.5. The number of thioether (sulfide) groups is 1. The third kappa shape index (κ3) is 5.42. The second-order valence-corrected chi connectivity index (χ2v) is 9.71. The fraction of sp³-hybridized carbons (Fsp3) is 0.207. The number of hydrogen-bond donors (Lipinski definition) is 2. The first-order chi connectivity index (χ1) is 19.0. The monoisotopic (exact) mass is 543 g/mol. The van der Waals surface area contributed by atoms with Crippen LogP contribution in [0.5, 0.6) is 17.2 Å². The number of methoxy groups -OCH3 is 3. The van der Waals surface area contributed by atoms with Gasteiger partial charge >= 0.3 is 0 Å². The number of amides is 1. The second kappa shape index (κ2) is 11.5. The molecule has 0 unspecified atom stereocenters. The molecule has 39 heavy (non-hydrogen) atoms. The van der Waals surface area contributed by atoms with E-state index < -0.39 is 6.04 Å². The predicted molar refractivity (Wildman–Crippen MR) is 152 cm³/mol. The van der Waals surface area contributed by atoms with E-state index in [4.69, 9.17) is 24.3 Å². The summed E-state index contributed by atoms with van der Waals surface area (Å²) in [7, 11) is 4.74. The molecule has 0 spiro atoms. The van der Waals surface area contributed by atoms with E-state index >= 15 is 0 Å². The zero-order valence-electron chi connectivity index (χ0n) is 22.1. The number of para-hydroxylation sites is 2. The van der Waals surface area contributed by atoms with Crippen LogP contribution in [0.15, 0.2) is 89.2 Å². The van der Waals surface area contributed by atoms with E-state index in [0.717, 1.165) is 11.3 Å². The zero-order valence-corrected chi connectivity index (χ0v) is 22.9. The van der Waals surface area contributed by atoms with Gasteiger partial charge in [-0.1, -0.05) is 60.3 Å². The van der Waals surface area contributed by atoms with E-state index in [-0.39, 0.29) is 5.91 Å². The van der Waals surface area contributed by atoms with E-state index in [0.29, 0.717) is 45.3 Å². The molecule has 2 heterocycles. The highest BCUT2D eigenvalue weighted by atomic mass is 32.2. The maximum Gasteiger partial charge on any atom is 0.255 e. The second-order valence-electron chi connectivity index (χ2n) is 8.77. The van der Waals surface area contributed by atoms with Crippen LogP contribution in [0, 0.1) is 0 Å². The highest BCUT2D eigenvalue weighted by Gasteiger charge is 2.35. The Morgan fingerprint density at radius 1 is 0.949 bits per heavy atom. The zero-order chi connectivity index (χ0) is 27.4. The summed E-state index contributed by atoms with van der Waals surface area (Å²) in [4.78, 5) is 18.6. The van der Waals surface area contributed by atoms with Crippen LogP contribution in [0.25, 0.3) is 0 Å². The van der Waals surface area contributed by atoms with Gasteiger partial charge in [0.1, 0.15) is 11.8 Å². The fourth-order valence-electron chi connectivity index (χ4n) is 4.48. The Morgan fingerprint density at radius 2 is 1.67 bits per heavy atom. The van der Waals surface area contributed by atoms with Crippen molar-refractivity contribution in [1.29, 1.82) is 0 Å². The van der Waals surface area contributed by atoms with E-state index in [1.165, 1.54) is 17.3 Å². The van der Waals surface area contributed by atoms with Crippen molar-refractivity contribution in [3.8, 4) is 17.2 Å². The molecule has 1 atom stereocenters. The molecule has 0 aliphatic carbocycles. The molecule has 5 rings (SSSR count). The van der Waals surface area contributed by atoms with Crippen LogP contribution in [-0.4, -0.2) is 42.0 Å². The molecule has 9 nitrogen and oxygen atoms in total. The van der Waals surface area contributed by atoms with E-state index in [1.54, 1.807) is 38.1 Å². The molecule has 0 fully saturated rings. The lowest BCUT2D eigenvalue weighted by Crippen LogP contribution is -2.31. The highest BCUT2D eigenvalue weighted by Crippen LogP contribution is 2.40. The Bertz CT molecular complexity index is 1520. The van der Waals surface area contributed by atoms with Gasteiger partial charge in [0.15, 0.2) is 11.5 Å². The van der Waals surface area contributed by atoms with Gasteiger partial charge in [0.2, 0.25) is 11.1 Å². The Hall–Kier alpha value is -4.44. The average molecular weight is 544 g/mol. The number of allylic oxidation sites excluding steroid dienone is 1. The number of nitrogens with one attached hydrogen (secondary N) is 2.